The van der Waals surface area contributed by atoms with E-state index in [9.17, 15) is 41.0 Å². The van der Waals surface area contributed by atoms with E-state index in [1.807, 2.05) is 0 Å². The first-order chi connectivity index (χ1) is 23.6. The van der Waals surface area contributed by atoms with Crippen LogP contribution in [0.5, 0.6) is 11.5 Å². The maximum Gasteiger partial charge on any atom is 0.573 e. The molecule has 50 heavy (non-hydrogen) atoms. The number of benzene rings is 3. The van der Waals surface area contributed by atoms with Crippen molar-refractivity contribution in [3.63, 3.8) is 0 Å². The van der Waals surface area contributed by atoms with Crippen LogP contribution in [0.4, 0.5) is 26.3 Å². The highest BCUT2D eigenvalue weighted by molar-refractivity contribution is 5.87. The second kappa shape index (κ2) is 15.0. The third kappa shape index (κ3) is 9.06. The van der Waals surface area contributed by atoms with Gasteiger partial charge in [-0.2, -0.15) is 0 Å². The molecule has 1 aliphatic heterocycles. The number of hydrogen-bond acceptors (Lipinski definition) is 5. The largest absolute Gasteiger partial charge is 0.573 e. The van der Waals surface area contributed by atoms with Crippen LogP contribution in [0, 0.1) is 5.92 Å². The smallest absolute Gasteiger partial charge is 0.478 e. The normalized spacial score (nSPS) is 15.4. The Bertz CT molecular complexity index is 1870. The van der Waals surface area contributed by atoms with Crippen LogP contribution in [0.3, 0.4) is 0 Å². The molecule has 13 heteroatoms. The minimum absolute atomic E-state index is 0.00513. The molecule has 7 nitrogen and oxygen atoms in total. The van der Waals surface area contributed by atoms with Crippen molar-refractivity contribution in [2.45, 2.75) is 71.4 Å². The summed E-state index contributed by atoms with van der Waals surface area (Å²) in [5.74, 6) is -1.96. The van der Waals surface area contributed by atoms with E-state index in [0.717, 1.165) is 31.4 Å². The fraction of sp³-hybridized carbons (Fsp3) is 0.351. The zero-order chi connectivity index (χ0) is 36.2. The highest BCUT2D eigenvalue weighted by Gasteiger charge is 2.35. The molecule has 2 heterocycles. The highest BCUT2D eigenvalue weighted by atomic mass is 19.4. The lowest BCUT2D eigenvalue weighted by Gasteiger charge is -2.29. The molecule has 4 aromatic rings. The van der Waals surface area contributed by atoms with Gasteiger partial charge in [-0.05, 0) is 74.0 Å². The Morgan fingerprint density at radius 2 is 1.40 bits per heavy atom. The highest BCUT2D eigenvalue weighted by Crippen LogP contribution is 2.40. The number of ether oxygens (including phenoxy) is 2. The lowest BCUT2D eigenvalue weighted by Crippen LogP contribution is -2.35. The second-order valence-corrected chi connectivity index (χ2v) is 12.6. The number of pyridine rings is 1. The van der Waals surface area contributed by atoms with Gasteiger partial charge < -0.3 is 19.1 Å². The average molecular weight is 703 g/mol. The molecular weight excluding hydrogens is 666 g/mol. The van der Waals surface area contributed by atoms with Gasteiger partial charge in [0.15, 0.2) is 0 Å². The van der Waals surface area contributed by atoms with Gasteiger partial charge in [0.1, 0.15) is 11.5 Å². The van der Waals surface area contributed by atoms with Crippen molar-refractivity contribution in [2.75, 3.05) is 6.54 Å². The third-order valence-corrected chi connectivity index (χ3v) is 8.63. The number of carboxylic acids is 1. The first-order valence-corrected chi connectivity index (χ1v) is 16.1. The summed E-state index contributed by atoms with van der Waals surface area (Å²) in [4.78, 5) is 28.1. The number of para-hydroxylation sites is 2. The topological polar surface area (TPSA) is 81.0 Å². The average Bonchev–Trinajstić information content (AvgIpc) is 3.46. The fourth-order valence-electron chi connectivity index (χ4n) is 6.50. The van der Waals surface area contributed by atoms with Gasteiger partial charge in [-0.3, -0.25) is 9.69 Å². The van der Waals surface area contributed by atoms with E-state index in [1.165, 1.54) is 59.2 Å². The van der Waals surface area contributed by atoms with E-state index < -0.39 is 35.8 Å². The number of nitrogens with zero attached hydrogens (tertiary/aromatic N) is 2. The molecule has 1 aliphatic rings. The monoisotopic (exact) mass is 702 g/mol. The maximum absolute atomic E-state index is 14.5. The van der Waals surface area contributed by atoms with Crippen LogP contribution in [-0.2, 0) is 19.5 Å². The molecule has 5 rings (SSSR count). The van der Waals surface area contributed by atoms with E-state index in [4.69, 9.17) is 0 Å². The van der Waals surface area contributed by atoms with E-state index in [0.29, 0.717) is 23.7 Å². The SMILES string of the molecule is CC(C)C[C@H]1CCCN1Cc1c(-c2ccccc2OC(F)(F)F)cc(-c2ccccc2OC(F)(F)F)c(=O)n1CCc1ccc(C(=O)O)cc1. The van der Waals surface area contributed by atoms with Crippen LogP contribution in [0.2, 0.25) is 0 Å². The number of aromatic carboxylic acids is 1. The lowest BCUT2D eigenvalue weighted by atomic mass is 9.96. The van der Waals surface area contributed by atoms with Crippen LogP contribution < -0.4 is 15.0 Å². The number of aromatic nitrogens is 1. The molecule has 1 aromatic heterocycles. The molecule has 0 bridgehead atoms. The second-order valence-electron chi connectivity index (χ2n) is 12.6. The van der Waals surface area contributed by atoms with Gasteiger partial charge in [-0.15, -0.1) is 26.3 Å². The zero-order valence-electron chi connectivity index (χ0n) is 27.4. The van der Waals surface area contributed by atoms with E-state index in [-0.39, 0.29) is 53.4 Å². The molecule has 0 radical (unpaired) electrons. The minimum atomic E-state index is -5.09. The van der Waals surface area contributed by atoms with Crippen LogP contribution in [0.1, 0.15) is 54.7 Å². The molecule has 1 fully saturated rings. The molecule has 1 saturated heterocycles. The number of aryl methyl sites for hydroxylation is 1. The number of alkyl halides is 6. The van der Waals surface area contributed by atoms with Crippen molar-refractivity contribution in [3.8, 4) is 33.8 Å². The maximum atomic E-state index is 14.5. The number of carboxylic acid groups (broad SMARTS) is 1. The number of carbonyl (C=O) groups is 1. The molecule has 0 unspecified atom stereocenters. The summed E-state index contributed by atoms with van der Waals surface area (Å²) in [7, 11) is 0. The van der Waals surface area contributed by atoms with Gasteiger partial charge >= 0.3 is 18.7 Å². The van der Waals surface area contributed by atoms with Crippen molar-refractivity contribution < 1.29 is 45.7 Å². The van der Waals surface area contributed by atoms with Crippen molar-refractivity contribution in [1.82, 2.24) is 9.47 Å². The summed E-state index contributed by atoms with van der Waals surface area (Å²) < 4.78 is 91.7. The number of halogens is 6. The summed E-state index contributed by atoms with van der Waals surface area (Å²) in [6, 6.07) is 18.0. The summed E-state index contributed by atoms with van der Waals surface area (Å²) >= 11 is 0. The van der Waals surface area contributed by atoms with Gasteiger partial charge in [0, 0.05) is 41.5 Å². The van der Waals surface area contributed by atoms with Crippen molar-refractivity contribution in [3.05, 3.63) is 106 Å². The first-order valence-electron chi connectivity index (χ1n) is 16.1. The van der Waals surface area contributed by atoms with Gasteiger partial charge in [0.05, 0.1) is 11.1 Å². The molecular formula is C37H36F6N2O5. The molecule has 0 saturated carbocycles. The minimum Gasteiger partial charge on any atom is -0.478 e. The molecule has 266 valence electrons. The Balaban J connectivity index is 1.76. The van der Waals surface area contributed by atoms with E-state index in [1.54, 1.807) is 12.1 Å². The molecule has 1 atom stereocenters. The van der Waals surface area contributed by atoms with Gasteiger partial charge in [0.25, 0.3) is 5.56 Å². The van der Waals surface area contributed by atoms with Crippen molar-refractivity contribution in [1.29, 1.82) is 0 Å². The molecule has 0 amide bonds. The van der Waals surface area contributed by atoms with Gasteiger partial charge in [-0.25, -0.2) is 4.79 Å². The molecule has 1 N–H and O–H groups in total. The summed E-state index contributed by atoms with van der Waals surface area (Å²) in [6.45, 7) is 5.00. The Morgan fingerprint density at radius 1 is 0.840 bits per heavy atom. The first kappa shape index (κ1) is 36.5. The third-order valence-electron chi connectivity index (χ3n) is 8.63. The van der Waals surface area contributed by atoms with Crippen molar-refractivity contribution >= 4 is 5.97 Å². The number of rotatable bonds is 12. The van der Waals surface area contributed by atoms with Gasteiger partial charge in [-0.1, -0.05) is 62.4 Å². The summed E-state index contributed by atoms with van der Waals surface area (Å²) in [6.07, 6.45) is -7.33. The van der Waals surface area contributed by atoms with Crippen LogP contribution >= 0.6 is 0 Å². The fourth-order valence-corrected chi connectivity index (χ4v) is 6.50. The standard InChI is InChI=1S/C37H36F6N2O5/c1-23(2)20-26-8-7-18-44(26)22-31-29(27-9-3-5-11-32(27)49-36(38,39)40)21-30(28-10-4-6-12-33(28)50-37(41,42)43)34(46)45(31)19-17-24-13-15-25(16-14-24)35(47)48/h3-6,9-16,21,23,26H,7-8,17-20,22H2,1-2H3,(H,47,48)/t26-/m1/s1. The molecule has 0 spiro atoms. The predicted octanol–water partition coefficient (Wildman–Crippen LogP) is 8.93. The predicted molar refractivity (Wildman–Crippen MR) is 175 cm³/mol. The van der Waals surface area contributed by atoms with Crippen LogP contribution in [-0.4, -0.2) is 45.9 Å². The molecule has 3 aromatic carbocycles. The van der Waals surface area contributed by atoms with Gasteiger partial charge in [0.2, 0.25) is 0 Å². The summed E-state index contributed by atoms with van der Waals surface area (Å²) in [5.41, 5.74) is 0.181. The summed E-state index contributed by atoms with van der Waals surface area (Å²) in [5, 5.41) is 9.32. The Hall–Kier alpha value is -4.78. The Morgan fingerprint density at radius 3 is 1.94 bits per heavy atom. The number of hydrogen-bond donors (Lipinski definition) is 1. The Labute approximate surface area is 284 Å². The number of likely N-dealkylation sites (tertiary alicyclic amines) is 1. The quantitative estimate of drug-likeness (QED) is 0.149. The van der Waals surface area contributed by atoms with E-state index in [2.05, 4.69) is 28.2 Å². The van der Waals surface area contributed by atoms with Crippen LogP contribution in [0.25, 0.3) is 22.3 Å². The van der Waals surface area contributed by atoms with Crippen molar-refractivity contribution in [2.24, 2.45) is 5.92 Å². The van der Waals surface area contributed by atoms with Crippen LogP contribution in [0.15, 0.2) is 83.7 Å². The Kier molecular flexibility index (Phi) is 10.9. The lowest BCUT2D eigenvalue weighted by molar-refractivity contribution is -0.275. The van der Waals surface area contributed by atoms with E-state index >= 15 is 0 Å². The zero-order valence-corrected chi connectivity index (χ0v) is 27.4. The molecule has 0 aliphatic carbocycles.